The lowest BCUT2D eigenvalue weighted by Gasteiger charge is -1.89. The van der Waals surface area contributed by atoms with Crippen LogP contribution in [0.5, 0.6) is 0 Å². The van der Waals surface area contributed by atoms with Crippen molar-refractivity contribution in [2.75, 3.05) is 0 Å². The maximum absolute atomic E-state index is 8.05. The van der Waals surface area contributed by atoms with Crippen LogP contribution in [0.4, 0.5) is 0 Å². The van der Waals surface area contributed by atoms with Gasteiger partial charge in [0.15, 0.2) is 0 Å². The molecule has 39 valence electrons. The highest BCUT2D eigenvalue weighted by Crippen LogP contribution is 2.31. The van der Waals surface area contributed by atoms with Gasteiger partial charge in [0.2, 0.25) is 0 Å². The van der Waals surface area contributed by atoms with Crippen molar-refractivity contribution in [1.82, 2.24) is 0 Å². The van der Waals surface area contributed by atoms with Crippen molar-refractivity contribution in [2.45, 2.75) is 19.4 Å². The fraction of sp³-hybridized carbons (Fsp3) is 1.00. The van der Waals surface area contributed by atoms with Crippen molar-refractivity contribution in [1.29, 1.82) is 0 Å². The quantitative estimate of drug-likeness (QED) is 0.491. The van der Waals surface area contributed by atoms with Gasteiger partial charge < -0.3 is 9.68 Å². The van der Waals surface area contributed by atoms with Crippen molar-refractivity contribution in [3.8, 4) is 0 Å². The summed E-state index contributed by atoms with van der Waals surface area (Å²) in [6.45, 7) is 2.09. The Labute approximate surface area is 43.8 Å². The Hall–Kier alpha value is -0.0151. The van der Waals surface area contributed by atoms with Gasteiger partial charge in [0.05, 0.1) is 0 Å². The fourth-order valence-electron chi connectivity index (χ4n) is 0.556. The van der Waals surface area contributed by atoms with Gasteiger partial charge in [-0.15, -0.1) is 0 Å². The highest BCUT2D eigenvalue weighted by molar-refractivity contribution is 6.16. The first-order valence-corrected chi connectivity index (χ1v) is 2.46. The highest BCUT2D eigenvalue weighted by atomic mass is 16.5. The van der Waals surface area contributed by atoms with Crippen LogP contribution in [0.1, 0.15) is 13.3 Å². The van der Waals surface area contributed by atoms with Gasteiger partial charge in [-0.2, -0.15) is 0 Å². The zero-order valence-electron chi connectivity index (χ0n) is 4.29. The van der Waals surface area contributed by atoms with Crippen molar-refractivity contribution in [3.05, 3.63) is 0 Å². The Morgan fingerprint density at radius 1 is 1.86 bits per heavy atom. The molecule has 0 aromatic heterocycles. The van der Waals surface area contributed by atoms with E-state index in [1.54, 1.807) is 0 Å². The molecule has 0 aliphatic heterocycles. The van der Waals surface area contributed by atoms with E-state index in [0.29, 0.717) is 12.0 Å². The Kier molecular flexibility index (Phi) is 1.35. The molecular weight excluding hydrogens is 90.9 g/mol. The third-order valence-electron chi connectivity index (χ3n) is 1.27. The summed E-state index contributed by atoms with van der Waals surface area (Å²) < 4.78 is 4.70. The molecule has 1 N–H and O–H groups in total. The van der Waals surface area contributed by atoms with Crippen LogP contribution < -0.4 is 0 Å². The Bertz CT molecular complexity index is 66.7. The van der Waals surface area contributed by atoms with Gasteiger partial charge in [-0.25, -0.2) is 0 Å². The molecule has 0 aromatic rings. The summed E-state index contributed by atoms with van der Waals surface area (Å²) in [5, 5.41) is 8.05. The van der Waals surface area contributed by atoms with Crippen molar-refractivity contribution in [3.63, 3.8) is 0 Å². The minimum absolute atomic E-state index is 0.310. The summed E-state index contributed by atoms with van der Waals surface area (Å²) in [5.41, 5.74) is 0. The third-order valence-corrected chi connectivity index (χ3v) is 1.27. The van der Waals surface area contributed by atoms with Gasteiger partial charge in [-0.3, -0.25) is 0 Å². The largest absolute Gasteiger partial charge is 0.485 e. The standard InChI is InChI=1S/C4H8BO2/c1-3-2-4(3)7-5-6/h3-4,6H,2H2,1H3/t3-,4+/m0/s1. The summed E-state index contributed by atoms with van der Waals surface area (Å²) in [6, 6.07) is 0. The number of hydrogen-bond donors (Lipinski definition) is 1. The van der Waals surface area contributed by atoms with E-state index in [2.05, 4.69) is 6.92 Å². The summed E-state index contributed by atoms with van der Waals surface area (Å²) in [4.78, 5) is 0. The second kappa shape index (κ2) is 1.84. The molecule has 0 amide bonds. The fourth-order valence-corrected chi connectivity index (χ4v) is 0.556. The number of hydrogen-bond acceptors (Lipinski definition) is 2. The normalized spacial score (nSPS) is 38.0. The van der Waals surface area contributed by atoms with Gasteiger partial charge in [-0.1, -0.05) is 6.92 Å². The van der Waals surface area contributed by atoms with Crippen molar-refractivity contribution in [2.24, 2.45) is 5.92 Å². The minimum Gasteiger partial charge on any atom is -0.429 e. The topological polar surface area (TPSA) is 29.5 Å². The summed E-state index contributed by atoms with van der Waals surface area (Å²) in [5.74, 6) is 0.656. The molecule has 0 spiro atoms. The third kappa shape index (κ3) is 1.18. The van der Waals surface area contributed by atoms with E-state index in [-0.39, 0.29) is 0 Å². The monoisotopic (exact) mass is 99.1 g/mol. The van der Waals surface area contributed by atoms with Crippen molar-refractivity contribution >= 4 is 7.69 Å². The molecule has 0 saturated heterocycles. The van der Waals surface area contributed by atoms with Gasteiger partial charge in [0.25, 0.3) is 0 Å². The molecule has 1 aliphatic rings. The van der Waals surface area contributed by atoms with E-state index in [1.807, 2.05) is 0 Å². The molecule has 1 saturated carbocycles. The van der Waals surface area contributed by atoms with Crippen LogP contribution >= 0.6 is 0 Å². The summed E-state index contributed by atoms with van der Waals surface area (Å²) in [7, 11) is 0.772. The molecule has 0 unspecified atom stereocenters. The van der Waals surface area contributed by atoms with E-state index in [1.165, 1.54) is 0 Å². The molecule has 0 bridgehead atoms. The SMILES string of the molecule is C[C@H]1C[C@H]1O[B]O. The molecule has 0 aromatic carbocycles. The Morgan fingerprint density at radius 3 is 2.57 bits per heavy atom. The van der Waals surface area contributed by atoms with Gasteiger partial charge in [0, 0.05) is 6.10 Å². The van der Waals surface area contributed by atoms with Crippen LogP contribution in [0, 0.1) is 5.92 Å². The first-order valence-electron chi connectivity index (χ1n) is 2.46. The second-order valence-electron chi connectivity index (χ2n) is 1.99. The molecule has 1 rings (SSSR count). The molecule has 2 nitrogen and oxygen atoms in total. The highest BCUT2D eigenvalue weighted by Gasteiger charge is 2.32. The van der Waals surface area contributed by atoms with E-state index in [4.69, 9.17) is 9.68 Å². The van der Waals surface area contributed by atoms with Crippen LogP contribution in [-0.2, 0) is 4.65 Å². The zero-order valence-corrected chi connectivity index (χ0v) is 4.29. The molecule has 0 heterocycles. The smallest absolute Gasteiger partial charge is 0.429 e. The molecule has 1 radical (unpaired) electrons. The number of rotatable bonds is 2. The zero-order chi connectivity index (χ0) is 5.28. The summed E-state index contributed by atoms with van der Waals surface area (Å²) >= 11 is 0. The average molecular weight is 98.9 g/mol. The molecular formula is C4H8BO2. The lowest BCUT2D eigenvalue weighted by atomic mass is 10.4. The molecule has 7 heavy (non-hydrogen) atoms. The second-order valence-corrected chi connectivity index (χ2v) is 1.99. The van der Waals surface area contributed by atoms with Crippen LogP contribution in [0.15, 0.2) is 0 Å². The van der Waals surface area contributed by atoms with E-state index >= 15 is 0 Å². The molecule has 2 atom stereocenters. The maximum atomic E-state index is 8.05. The minimum atomic E-state index is 0.310. The summed E-state index contributed by atoms with van der Waals surface area (Å²) in [6.07, 6.45) is 1.40. The van der Waals surface area contributed by atoms with E-state index < -0.39 is 0 Å². The van der Waals surface area contributed by atoms with E-state index in [9.17, 15) is 0 Å². The van der Waals surface area contributed by atoms with Crippen molar-refractivity contribution < 1.29 is 9.68 Å². The van der Waals surface area contributed by atoms with Crippen LogP contribution in [-0.4, -0.2) is 18.8 Å². The average Bonchev–Trinajstić information content (AvgIpc) is 2.22. The van der Waals surface area contributed by atoms with Gasteiger partial charge in [0.1, 0.15) is 0 Å². The lowest BCUT2D eigenvalue weighted by Crippen LogP contribution is -1.99. The predicted molar refractivity (Wildman–Crippen MR) is 26.6 cm³/mol. The Morgan fingerprint density at radius 2 is 2.43 bits per heavy atom. The lowest BCUT2D eigenvalue weighted by molar-refractivity contribution is 0.259. The molecule has 1 aliphatic carbocycles. The first kappa shape index (κ1) is 5.13. The molecule has 1 fully saturated rings. The maximum Gasteiger partial charge on any atom is 0.485 e. The van der Waals surface area contributed by atoms with Gasteiger partial charge >= 0.3 is 7.69 Å². The van der Waals surface area contributed by atoms with E-state index in [0.717, 1.165) is 14.1 Å². The predicted octanol–water partition coefficient (Wildman–Crippen LogP) is -0.0621. The first-order chi connectivity index (χ1) is 3.34. The van der Waals surface area contributed by atoms with Crippen LogP contribution in [0.2, 0.25) is 0 Å². The van der Waals surface area contributed by atoms with Crippen LogP contribution in [0.3, 0.4) is 0 Å². The van der Waals surface area contributed by atoms with Gasteiger partial charge in [-0.05, 0) is 12.3 Å². The molecule has 3 heteroatoms. The van der Waals surface area contributed by atoms with Crippen LogP contribution in [0.25, 0.3) is 0 Å². The Balaban J connectivity index is 1.98.